The number of amides is 1. The molecule has 4 nitrogen and oxygen atoms in total. The van der Waals surface area contributed by atoms with Gasteiger partial charge in [-0.25, -0.2) is 0 Å². The number of carbonyl (C=O) groups is 1. The van der Waals surface area contributed by atoms with Gasteiger partial charge in [-0.05, 0) is 13.3 Å². The number of alkyl halides is 1. The van der Waals surface area contributed by atoms with Gasteiger partial charge in [-0.3, -0.25) is 9.89 Å². The van der Waals surface area contributed by atoms with Crippen molar-refractivity contribution < 1.29 is 4.79 Å². The smallest absolute Gasteiger partial charge is 0.240 e. The van der Waals surface area contributed by atoms with Crippen LogP contribution in [0.25, 0.3) is 0 Å². The van der Waals surface area contributed by atoms with Crippen LogP contribution in [0.2, 0.25) is 0 Å². The van der Waals surface area contributed by atoms with E-state index in [0.717, 1.165) is 17.7 Å². The van der Waals surface area contributed by atoms with Crippen LogP contribution in [0.1, 0.15) is 18.2 Å². The van der Waals surface area contributed by atoms with Crippen LogP contribution in [-0.2, 0) is 11.2 Å². The van der Waals surface area contributed by atoms with E-state index in [1.165, 1.54) is 0 Å². The van der Waals surface area contributed by atoms with Crippen molar-refractivity contribution in [2.75, 3.05) is 11.2 Å². The molecule has 5 heteroatoms. The lowest BCUT2D eigenvalue weighted by Gasteiger charge is -1.99. The Kier molecular flexibility index (Phi) is 3.31. The zero-order valence-electron chi connectivity index (χ0n) is 7.65. The summed E-state index contributed by atoms with van der Waals surface area (Å²) < 4.78 is 0. The topological polar surface area (TPSA) is 57.8 Å². The highest BCUT2D eigenvalue weighted by Gasteiger charge is 2.09. The van der Waals surface area contributed by atoms with E-state index < -0.39 is 0 Å². The Morgan fingerprint density at radius 1 is 1.69 bits per heavy atom. The molecule has 0 atom stereocenters. The highest BCUT2D eigenvalue weighted by Crippen LogP contribution is 2.14. The highest BCUT2D eigenvalue weighted by atomic mass is 35.5. The standard InChI is InChI=1S/C8H12ClN3O/c1-3-6-5(2)8(12-11-6)10-7(13)4-9/h3-4H2,1-2H3,(H2,10,11,12,13). The molecule has 0 aliphatic heterocycles. The number of aryl methyl sites for hydroxylation is 1. The van der Waals surface area contributed by atoms with Crippen molar-refractivity contribution in [3.05, 3.63) is 11.3 Å². The minimum atomic E-state index is -0.237. The minimum absolute atomic E-state index is 0.0479. The number of hydrogen-bond acceptors (Lipinski definition) is 2. The quantitative estimate of drug-likeness (QED) is 0.728. The number of aromatic amines is 1. The normalized spacial score (nSPS) is 10.1. The number of anilines is 1. The van der Waals surface area contributed by atoms with Crippen LogP contribution in [0.4, 0.5) is 5.82 Å². The van der Waals surface area contributed by atoms with Gasteiger partial charge in [0.15, 0.2) is 5.82 Å². The molecule has 72 valence electrons. The van der Waals surface area contributed by atoms with Crippen LogP contribution in [0.5, 0.6) is 0 Å². The predicted octanol–water partition coefficient (Wildman–Crippen LogP) is 1.46. The van der Waals surface area contributed by atoms with Crippen molar-refractivity contribution in [1.82, 2.24) is 10.2 Å². The fraction of sp³-hybridized carbons (Fsp3) is 0.500. The first-order valence-corrected chi connectivity index (χ1v) is 4.62. The summed E-state index contributed by atoms with van der Waals surface area (Å²) in [5.74, 6) is 0.287. The highest BCUT2D eigenvalue weighted by molar-refractivity contribution is 6.29. The van der Waals surface area contributed by atoms with Gasteiger partial charge >= 0.3 is 0 Å². The Balaban J connectivity index is 2.78. The molecular formula is C8H12ClN3O. The van der Waals surface area contributed by atoms with Gasteiger partial charge in [0.05, 0.1) is 0 Å². The zero-order valence-corrected chi connectivity index (χ0v) is 8.40. The number of halogens is 1. The molecule has 0 saturated carbocycles. The first-order chi connectivity index (χ1) is 6.19. The Hall–Kier alpha value is -1.03. The fourth-order valence-corrected chi connectivity index (χ4v) is 1.13. The van der Waals surface area contributed by atoms with Crippen molar-refractivity contribution in [2.24, 2.45) is 0 Å². The fourth-order valence-electron chi connectivity index (χ4n) is 1.07. The van der Waals surface area contributed by atoms with E-state index in [4.69, 9.17) is 11.6 Å². The predicted molar refractivity (Wildman–Crippen MR) is 52.1 cm³/mol. The molecule has 0 unspecified atom stereocenters. The van der Waals surface area contributed by atoms with E-state index >= 15 is 0 Å². The molecule has 0 saturated heterocycles. The third kappa shape index (κ3) is 2.21. The van der Waals surface area contributed by atoms with Crippen LogP contribution < -0.4 is 5.32 Å². The number of hydrogen-bond donors (Lipinski definition) is 2. The molecule has 13 heavy (non-hydrogen) atoms. The van der Waals surface area contributed by atoms with Crippen molar-refractivity contribution in [3.63, 3.8) is 0 Å². The summed E-state index contributed by atoms with van der Waals surface area (Å²) >= 11 is 5.34. The molecule has 1 aromatic heterocycles. The number of nitrogens with one attached hydrogen (secondary N) is 2. The number of H-pyrrole nitrogens is 1. The van der Waals surface area contributed by atoms with E-state index in [0.29, 0.717) is 5.82 Å². The molecule has 2 N–H and O–H groups in total. The van der Waals surface area contributed by atoms with Gasteiger partial charge in [-0.2, -0.15) is 5.10 Å². The number of aromatic nitrogens is 2. The Morgan fingerprint density at radius 3 is 2.85 bits per heavy atom. The lowest BCUT2D eigenvalue weighted by Crippen LogP contribution is -2.13. The third-order valence-corrected chi connectivity index (χ3v) is 2.09. The SMILES string of the molecule is CCc1[nH]nc(NC(=O)CCl)c1C. The van der Waals surface area contributed by atoms with Gasteiger partial charge in [0.1, 0.15) is 5.88 Å². The van der Waals surface area contributed by atoms with Gasteiger partial charge in [0, 0.05) is 11.3 Å². The average Bonchev–Trinajstić information content (AvgIpc) is 2.48. The first kappa shape index (κ1) is 10.1. The largest absolute Gasteiger partial charge is 0.308 e. The van der Waals surface area contributed by atoms with Crippen molar-refractivity contribution in [1.29, 1.82) is 0 Å². The van der Waals surface area contributed by atoms with Gasteiger partial charge < -0.3 is 5.32 Å². The summed E-state index contributed by atoms with van der Waals surface area (Å²) in [6.45, 7) is 3.93. The van der Waals surface area contributed by atoms with Gasteiger partial charge in [-0.1, -0.05) is 6.92 Å². The Labute approximate surface area is 81.7 Å². The van der Waals surface area contributed by atoms with E-state index in [-0.39, 0.29) is 11.8 Å². The lowest BCUT2D eigenvalue weighted by atomic mass is 10.2. The van der Waals surface area contributed by atoms with Crippen LogP contribution in [-0.4, -0.2) is 22.0 Å². The van der Waals surface area contributed by atoms with Crippen molar-refractivity contribution in [2.45, 2.75) is 20.3 Å². The van der Waals surface area contributed by atoms with Gasteiger partial charge in [0.25, 0.3) is 0 Å². The van der Waals surface area contributed by atoms with Gasteiger partial charge in [0.2, 0.25) is 5.91 Å². The second-order valence-corrected chi connectivity index (χ2v) is 2.98. The maximum absolute atomic E-state index is 10.9. The Bertz CT molecular complexity index is 308. The summed E-state index contributed by atoms with van der Waals surface area (Å²) in [4.78, 5) is 10.9. The number of carbonyl (C=O) groups excluding carboxylic acids is 1. The molecule has 0 aliphatic rings. The van der Waals surface area contributed by atoms with E-state index in [9.17, 15) is 4.79 Å². The first-order valence-electron chi connectivity index (χ1n) is 4.08. The second-order valence-electron chi connectivity index (χ2n) is 2.71. The van der Waals surface area contributed by atoms with Crippen molar-refractivity contribution >= 4 is 23.3 Å². The number of rotatable bonds is 3. The van der Waals surface area contributed by atoms with Crippen LogP contribution in [0, 0.1) is 6.92 Å². The molecular weight excluding hydrogens is 190 g/mol. The molecule has 1 rings (SSSR count). The zero-order chi connectivity index (χ0) is 9.84. The molecule has 0 aliphatic carbocycles. The van der Waals surface area contributed by atoms with E-state index in [1.807, 2.05) is 13.8 Å². The molecule has 1 aromatic rings. The molecule has 0 fully saturated rings. The molecule has 0 radical (unpaired) electrons. The Morgan fingerprint density at radius 2 is 2.38 bits per heavy atom. The summed E-state index contributed by atoms with van der Waals surface area (Å²) in [5.41, 5.74) is 2.01. The summed E-state index contributed by atoms with van der Waals surface area (Å²) in [6.07, 6.45) is 0.871. The minimum Gasteiger partial charge on any atom is -0.308 e. The maximum Gasteiger partial charge on any atom is 0.240 e. The van der Waals surface area contributed by atoms with Crippen LogP contribution in [0.3, 0.4) is 0 Å². The second kappa shape index (κ2) is 4.28. The average molecular weight is 202 g/mol. The summed E-state index contributed by atoms with van der Waals surface area (Å²) in [6, 6.07) is 0. The third-order valence-electron chi connectivity index (χ3n) is 1.84. The molecule has 0 aromatic carbocycles. The van der Waals surface area contributed by atoms with E-state index in [1.54, 1.807) is 0 Å². The molecule has 1 heterocycles. The molecule has 0 bridgehead atoms. The molecule has 0 spiro atoms. The summed E-state index contributed by atoms with van der Waals surface area (Å²) in [7, 11) is 0. The number of nitrogens with zero attached hydrogens (tertiary/aromatic N) is 1. The monoisotopic (exact) mass is 201 g/mol. The van der Waals surface area contributed by atoms with Gasteiger partial charge in [-0.15, -0.1) is 11.6 Å². The van der Waals surface area contributed by atoms with Crippen LogP contribution >= 0.6 is 11.6 Å². The summed E-state index contributed by atoms with van der Waals surface area (Å²) in [5, 5.41) is 9.41. The molecule has 1 amide bonds. The van der Waals surface area contributed by atoms with Crippen LogP contribution in [0.15, 0.2) is 0 Å². The maximum atomic E-state index is 10.9. The van der Waals surface area contributed by atoms with Crippen molar-refractivity contribution in [3.8, 4) is 0 Å². The van der Waals surface area contributed by atoms with E-state index in [2.05, 4.69) is 15.5 Å². The lowest BCUT2D eigenvalue weighted by molar-refractivity contribution is -0.113.